The van der Waals surface area contributed by atoms with E-state index in [1.165, 1.54) is 24.3 Å². The summed E-state index contributed by atoms with van der Waals surface area (Å²) in [6.45, 7) is 5.31. The van der Waals surface area contributed by atoms with Gasteiger partial charge in [-0.3, -0.25) is 28.0 Å². The zero-order valence-electron chi connectivity index (χ0n) is 37.8. The number of carbonyl (C=O) groups excluding carboxylic acids is 2. The molecule has 3 aliphatic rings. The van der Waals surface area contributed by atoms with E-state index >= 15 is 0 Å². The molecule has 20 heteroatoms. The van der Waals surface area contributed by atoms with E-state index in [1.807, 2.05) is 43.1 Å². The summed E-state index contributed by atoms with van der Waals surface area (Å²) in [5.41, 5.74) is 2.17. The average Bonchev–Trinajstić information content (AvgIpc) is 3.60. The Labute approximate surface area is 389 Å². The molecule has 2 aromatic carbocycles. The zero-order chi connectivity index (χ0) is 48.3. The van der Waals surface area contributed by atoms with Gasteiger partial charge in [0.2, 0.25) is 17.5 Å². The molecule has 66 heavy (non-hydrogen) atoms. The highest BCUT2D eigenvalue weighted by molar-refractivity contribution is 7.86. The standard InChI is InChI=1S/C46H64N4O13S3/c1-45(26-13-5-11-20-44(53)54)36-32-34(65(58,59)60)21-23-38(36)49-29-14-6-10-19-43(52)48-28-27-47-42(51)18-9-4-12-25-46(2)37-33-35(66(61,62)63)22-24-39(37)50(30-15-31-64(55,56)57)41(46)17-8-3-7-16-40(45)49/h3,7-8,16,21-24,32-33,41H,4-6,9-15,17-20,25-31H2,1-2H3,(H5-,47,48,51,52,53,54,55,56,57,58,59,60,61,62,63)/p+1/b8-3+,16-7?. The number of benzene rings is 2. The van der Waals surface area contributed by atoms with Gasteiger partial charge in [0.1, 0.15) is 6.54 Å². The molecule has 17 nitrogen and oxygen atoms in total. The third-order valence-electron chi connectivity index (χ3n) is 13.2. The van der Waals surface area contributed by atoms with Crippen LogP contribution in [-0.2, 0) is 55.6 Å². The second-order valence-corrected chi connectivity index (χ2v) is 22.4. The van der Waals surface area contributed by atoms with Crippen LogP contribution in [0.25, 0.3) is 0 Å². The minimum atomic E-state index is -4.58. The smallest absolute Gasteiger partial charge is 0.303 e. The van der Waals surface area contributed by atoms with Gasteiger partial charge in [-0.2, -0.15) is 29.8 Å². The van der Waals surface area contributed by atoms with Crippen molar-refractivity contribution in [2.24, 2.45) is 0 Å². The Morgan fingerprint density at radius 3 is 2.02 bits per heavy atom. The van der Waals surface area contributed by atoms with Crippen molar-refractivity contribution in [3.05, 3.63) is 71.8 Å². The third kappa shape index (κ3) is 13.8. The van der Waals surface area contributed by atoms with Crippen molar-refractivity contribution in [3.8, 4) is 0 Å². The SMILES string of the molecule is CC1(CCCCCC(=O)O)C2=[N+](CCCCCC(=O)NCCNC(=O)CCCCCC3(C)c4cc(S(=O)(=O)O)ccc4N(CCCS(=O)(=O)O)C3C/C=C/C=C2)c2ccc(S(=O)(=O)O)cc21. The number of carboxylic acids is 1. The number of hydrogen-bond donors (Lipinski definition) is 6. The largest absolute Gasteiger partial charge is 0.481 e. The fourth-order valence-corrected chi connectivity index (χ4v) is 11.3. The van der Waals surface area contributed by atoms with Gasteiger partial charge in [0, 0.05) is 80.2 Å². The van der Waals surface area contributed by atoms with Gasteiger partial charge in [-0.05, 0) is 94.2 Å². The van der Waals surface area contributed by atoms with E-state index in [1.54, 1.807) is 12.1 Å². The van der Waals surface area contributed by atoms with E-state index in [-0.39, 0.29) is 66.5 Å². The normalized spacial score (nSPS) is 23.7. The van der Waals surface area contributed by atoms with Gasteiger partial charge in [-0.15, -0.1) is 0 Å². The first-order chi connectivity index (χ1) is 31.0. The minimum absolute atomic E-state index is 0.0208. The average molecular weight is 978 g/mol. The molecule has 0 aromatic heterocycles. The highest BCUT2D eigenvalue weighted by Crippen LogP contribution is 2.50. The van der Waals surface area contributed by atoms with E-state index in [2.05, 4.69) is 15.2 Å². The first kappa shape index (κ1) is 52.5. The second-order valence-electron chi connectivity index (χ2n) is 18.0. The Morgan fingerprint density at radius 2 is 1.39 bits per heavy atom. The van der Waals surface area contributed by atoms with Crippen LogP contribution in [0.3, 0.4) is 0 Å². The van der Waals surface area contributed by atoms with Crippen LogP contribution in [0.15, 0.2) is 70.5 Å². The number of fused-ring (bicyclic) bond motifs is 5. The molecule has 3 heterocycles. The van der Waals surface area contributed by atoms with Crippen LogP contribution in [0.5, 0.6) is 0 Å². The summed E-state index contributed by atoms with van der Waals surface area (Å²) >= 11 is 0. The summed E-state index contributed by atoms with van der Waals surface area (Å²) in [6.07, 6.45) is 15.5. The summed E-state index contributed by atoms with van der Waals surface area (Å²) in [5.74, 6) is -1.65. The number of amides is 2. The van der Waals surface area contributed by atoms with E-state index in [0.717, 1.165) is 11.4 Å². The maximum Gasteiger partial charge on any atom is 0.303 e. The topological polar surface area (TPSA) is 265 Å². The first-order valence-electron chi connectivity index (χ1n) is 22.7. The number of rotatable bonds is 12. The molecule has 364 valence electrons. The Kier molecular flexibility index (Phi) is 17.9. The van der Waals surface area contributed by atoms with Crippen LogP contribution in [-0.4, -0.2) is 110 Å². The molecule has 2 amide bonds. The lowest BCUT2D eigenvalue weighted by atomic mass is 9.73. The number of unbranched alkanes of at least 4 members (excludes halogenated alkanes) is 2. The van der Waals surface area contributed by atoms with Crippen LogP contribution >= 0.6 is 0 Å². The van der Waals surface area contributed by atoms with E-state index in [4.69, 9.17) is 0 Å². The molecular formula is C46H65N4O13S3+. The number of carboxylic acid groups (broad SMARTS) is 1. The third-order valence-corrected chi connectivity index (χ3v) is 15.7. The van der Waals surface area contributed by atoms with E-state index in [0.29, 0.717) is 107 Å². The fourth-order valence-electron chi connectivity index (χ4n) is 9.78. The van der Waals surface area contributed by atoms with E-state index in [9.17, 15) is 58.4 Å². The highest BCUT2D eigenvalue weighted by Gasteiger charge is 2.49. The Bertz CT molecular complexity index is 2540. The van der Waals surface area contributed by atoms with Gasteiger partial charge in [0.25, 0.3) is 30.4 Å². The predicted octanol–water partition coefficient (Wildman–Crippen LogP) is 6.26. The predicted molar refractivity (Wildman–Crippen MR) is 250 cm³/mol. The molecule has 3 aliphatic heterocycles. The van der Waals surface area contributed by atoms with Crippen molar-refractivity contribution in [1.29, 1.82) is 0 Å². The number of aliphatic carboxylic acids is 1. The number of hydrogen-bond acceptors (Lipinski definition) is 10. The van der Waals surface area contributed by atoms with Crippen molar-refractivity contribution >= 4 is 65.2 Å². The summed E-state index contributed by atoms with van der Waals surface area (Å²) in [5, 5.41) is 15.0. The molecule has 3 unspecified atom stereocenters. The van der Waals surface area contributed by atoms with Crippen molar-refractivity contribution in [2.75, 3.05) is 36.8 Å². The van der Waals surface area contributed by atoms with Crippen molar-refractivity contribution < 1.29 is 63.0 Å². The maximum atomic E-state index is 12.7. The fraction of sp³-hybridized carbons (Fsp3) is 0.565. The molecular weight excluding hydrogens is 913 g/mol. The Hall–Kier alpha value is -4.47. The number of nitrogens with one attached hydrogen (secondary N) is 2. The zero-order valence-corrected chi connectivity index (χ0v) is 40.2. The summed E-state index contributed by atoms with van der Waals surface area (Å²) < 4.78 is 105. The van der Waals surface area contributed by atoms with Crippen LogP contribution in [0.4, 0.5) is 11.4 Å². The van der Waals surface area contributed by atoms with Gasteiger partial charge >= 0.3 is 5.97 Å². The molecule has 3 atom stereocenters. The van der Waals surface area contributed by atoms with Crippen molar-refractivity contribution in [2.45, 2.75) is 143 Å². The molecule has 0 bridgehead atoms. The van der Waals surface area contributed by atoms with Crippen LogP contribution in [0.2, 0.25) is 0 Å². The monoisotopic (exact) mass is 977 g/mol. The first-order valence-corrected chi connectivity index (χ1v) is 27.2. The van der Waals surface area contributed by atoms with Gasteiger partial charge < -0.3 is 20.6 Å². The number of carbonyl (C=O) groups is 3. The lowest BCUT2D eigenvalue weighted by Crippen LogP contribution is -2.43. The Morgan fingerprint density at radius 1 is 0.773 bits per heavy atom. The molecule has 5 rings (SSSR count). The lowest BCUT2D eigenvalue weighted by Gasteiger charge is -2.37. The quantitative estimate of drug-likeness (QED) is 0.0780. The van der Waals surface area contributed by atoms with Crippen LogP contribution in [0.1, 0.15) is 128 Å². The van der Waals surface area contributed by atoms with Gasteiger partial charge in [0.15, 0.2) is 5.71 Å². The molecule has 2 aromatic rings. The molecule has 0 saturated carbocycles. The van der Waals surface area contributed by atoms with Gasteiger partial charge in [0.05, 0.1) is 21.0 Å². The molecule has 0 fully saturated rings. The summed E-state index contributed by atoms with van der Waals surface area (Å²) in [7, 11) is -13.4. The molecule has 0 saturated heterocycles. The molecule has 0 aliphatic carbocycles. The van der Waals surface area contributed by atoms with Crippen LogP contribution < -0.4 is 15.5 Å². The number of allylic oxidation sites excluding steroid dienone is 3. The number of nitrogens with zero attached hydrogens (tertiary/aromatic N) is 2. The summed E-state index contributed by atoms with van der Waals surface area (Å²) in [6, 6.07) is 8.60. The van der Waals surface area contributed by atoms with Crippen molar-refractivity contribution in [1.82, 2.24) is 10.6 Å². The summed E-state index contributed by atoms with van der Waals surface area (Å²) in [4.78, 5) is 38.1. The van der Waals surface area contributed by atoms with E-state index < -0.39 is 52.9 Å². The van der Waals surface area contributed by atoms with Crippen LogP contribution in [0, 0.1) is 0 Å². The lowest BCUT2D eigenvalue weighted by molar-refractivity contribution is -0.438. The number of anilines is 1. The van der Waals surface area contributed by atoms with Gasteiger partial charge in [-0.1, -0.05) is 50.8 Å². The molecule has 0 radical (unpaired) electrons. The molecule has 0 spiro atoms. The second kappa shape index (κ2) is 22.6. The van der Waals surface area contributed by atoms with Gasteiger partial charge in [-0.25, -0.2) is 0 Å². The highest BCUT2D eigenvalue weighted by atomic mass is 32.2. The van der Waals surface area contributed by atoms with Crippen molar-refractivity contribution in [3.63, 3.8) is 0 Å². The maximum absolute atomic E-state index is 12.7. The Balaban J connectivity index is 1.56. The minimum Gasteiger partial charge on any atom is -0.481 e. The molecule has 6 N–H and O–H groups in total.